The summed E-state index contributed by atoms with van der Waals surface area (Å²) in [4.78, 5) is 34.8. The normalized spacial score (nSPS) is 41.8. The average Bonchev–Trinajstić information content (AvgIpc) is 3.65. The van der Waals surface area contributed by atoms with E-state index in [4.69, 9.17) is 4.74 Å². The number of rotatable bonds is 10. The Kier molecular flexibility index (Phi) is 9.89. The van der Waals surface area contributed by atoms with E-state index in [0.29, 0.717) is 30.5 Å². The Labute approximate surface area is 270 Å². The lowest BCUT2D eigenvalue weighted by Gasteiger charge is -2.61. The number of hydrogen-bond donors (Lipinski definition) is 2. The van der Waals surface area contributed by atoms with Crippen LogP contribution in [0, 0.1) is 17.8 Å². The fourth-order valence-corrected chi connectivity index (χ4v) is 10.7. The van der Waals surface area contributed by atoms with Gasteiger partial charge in [-0.05, 0) is 116 Å². The number of nitrogens with zero attached hydrogens (tertiary/aromatic N) is 3. The molecule has 4 aliphatic heterocycles. The second-order valence-corrected chi connectivity index (χ2v) is 15.7. The molecule has 4 heterocycles. The number of carbonyl (C=O) groups is 2. The number of Topliss-reactive ketones (excluding diaryl/α,β-unsaturated/α-hetero) is 1. The monoisotopic (exact) mass is 627 g/mol. The van der Waals surface area contributed by atoms with E-state index >= 15 is 4.39 Å². The molecule has 0 bridgehead atoms. The minimum absolute atomic E-state index is 0.0315. The molecule has 11 unspecified atom stereocenters. The van der Waals surface area contributed by atoms with Gasteiger partial charge >= 0.3 is 0 Å². The van der Waals surface area contributed by atoms with Gasteiger partial charge in [-0.1, -0.05) is 25.7 Å². The number of ether oxygens (including phenoxy) is 1. The molecule has 0 radical (unpaired) electrons. The number of halogens is 1. The Morgan fingerprint density at radius 2 is 1.67 bits per heavy atom. The molecule has 252 valence electrons. The Balaban J connectivity index is 1.07. The molecule has 11 atom stereocenters. The van der Waals surface area contributed by atoms with Crippen molar-refractivity contribution >= 4 is 11.7 Å². The number of carbonyl (C=O) groups excluding carboxylic acids is 2. The van der Waals surface area contributed by atoms with E-state index in [2.05, 4.69) is 39.4 Å². The third-order valence-corrected chi connectivity index (χ3v) is 13.2. The van der Waals surface area contributed by atoms with Crippen LogP contribution in [-0.4, -0.2) is 115 Å². The van der Waals surface area contributed by atoms with E-state index in [9.17, 15) is 9.59 Å². The molecule has 0 aromatic rings. The topological polar surface area (TPSA) is 77.2 Å². The van der Waals surface area contributed by atoms with Crippen molar-refractivity contribution in [2.24, 2.45) is 17.8 Å². The molecule has 0 spiro atoms. The maximum absolute atomic E-state index is 16.2. The summed E-state index contributed by atoms with van der Waals surface area (Å²) in [6, 6.07) is 0.712. The molecule has 8 nitrogen and oxygen atoms in total. The first kappa shape index (κ1) is 32.0. The van der Waals surface area contributed by atoms with Crippen molar-refractivity contribution in [2.45, 2.75) is 145 Å². The van der Waals surface area contributed by atoms with Gasteiger partial charge in [0.1, 0.15) is 6.17 Å². The zero-order valence-corrected chi connectivity index (χ0v) is 27.8. The van der Waals surface area contributed by atoms with Crippen LogP contribution in [0.5, 0.6) is 0 Å². The number of alkyl halides is 1. The highest BCUT2D eigenvalue weighted by molar-refractivity contribution is 6.20. The lowest BCUT2D eigenvalue weighted by Crippen LogP contribution is -2.74. The van der Waals surface area contributed by atoms with Gasteiger partial charge in [0.05, 0.1) is 35.9 Å². The van der Waals surface area contributed by atoms with Crippen LogP contribution in [0.2, 0.25) is 0 Å². The van der Waals surface area contributed by atoms with E-state index in [1.165, 1.54) is 57.9 Å². The number of nitrogens with one attached hydrogen (secondary N) is 2. The van der Waals surface area contributed by atoms with Crippen molar-refractivity contribution in [3.05, 3.63) is 11.8 Å². The second kappa shape index (κ2) is 13.9. The molecule has 3 aliphatic carbocycles. The molecule has 3 saturated heterocycles. The molecule has 6 fully saturated rings. The molecule has 1 amide bonds. The van der Waals surface area contributed by atoms with Gasteiger partial charge in [-0.3, -0.25) is 9.59 Å². The van der Waals surface area contributed by atoms with Crippen molar-refractivity contribution in [3.63, 3.8) is 0 Å². The van der Waals surface area contributed by atoms with Crippen LogP contribution in [-0.2, 0) is 14.3 Å². The summed E-state index contributed by atoms with van der Waals surface area (Å²) in [5.41, 5.74) is 0.236. The van der Waals surface area contributed by atoms with Crippen LogP contribution in [0.15, 0.2) is 11.8 Å². The van der Waals surface area contributed by atoms with Gasteiger partial charge in [0.25, 0.3) is 5.91 Å². The van der Waals surface area contributed by atoms with Gasteiger partial charge in [-0.15, -0.1) is 0 Å². The number of morpholine rings is 1. The minimum atomic E-state index is -1.18. The Hall–Kier alpha value is -1.55. The Morgan fingerprint density at radius 1 is 0.911 bits per heavy atom. The second-order valence-electron chi connectivity index (χ2n) is 15.7. The average molecular weight is 628 g/mol. The molecular formula is C36H58FN5O3. The standard InChI is InChI=1S/C36H58FN5O3/c1-40-19-7-11-24(40)10-5-6-17-39-36(44)28-22-42-30-15-14-23-9-3-4-13-26(23)34(30)45-35-31(29(37)21-27(32(35)42)33(28)43)38-18-16-25-12-8-20-41(25)2/h22-27,29-32,34-35,38H,3-21H2,1-2H3,(H,39,44). The molecular weight excluding hydrogens is 569 g/mol. The predicted octanol–water partition coefficient (Wildman–Crippen LogP) is 4.04. The van der Waals surface area contributed by atoms with E-state index < -0.39 is 18.1 Å². The fourth-order valence-electron chi connectivity index (χ4n) is 10.7. The fraction of sp³-hybridized carbons (Fsp3) is 0.889. The Bertz CT molecular complexity index is 1100. The number of likely N-dealkylation sites (tertiary alicyclic amines) is 2. The van der Waals surface area contributed by atoms with Gasteiger partial charge < -0.3 is 30.1 Å². The first-order valence-electron chi connectivity index (χ1n) is 18.7. The van der Waals surface area contributed by atoms with Crippen molar-refractivity contribution in [2.75, 3.05) is 40.3 Å². The maximum Gasteiger partial charge on any atom is 0.256 e. The SMILES string of the molecule is CN1CCCC1CCCCNC(=O)C1=CN2C3CCC4CCCCC4C3OC3C(NCCC4CCCN4C)C(F)CC(C1=O)C32. The summed E-state index contributed by atoms with van der Waals surface area (Å²) in [6.07, 6.45) is 16.8. The van der Waals surface area contributed by atoms with E-state index in [1.54, 1.807) is 0 Å². The first-order valence-corrected chi connectivity index (χ1v) is 18.7. The summed E-state index contributed by atoms with van der Waals surface area (Å²) in [5, 5.41) is 6.69. The van der Waals surface area contributed by atoms with Crippen molar-refractivity contribution in [1.29, 1.82) is 0 Å². The molecule has 7 rings (SSSR count). The van der Waals surface area contributed by atoms with Crippen LogP contribution in [0.1, 0.15) is 96.3 Å². The zero-order valence-electron chi connectivity index (χ0n) is 27.8. The van der Waals surface area contributed by atoms with Gasteiger partial charge in [-0.2, -0.15) is 0 Å². The number of unbranched alkanes of at least 4 members (excludes halogenated alkanes) is 1. The molecule has 9 heteroatoms. The number of fused-ring (bicyclic) bond motifs is 4. The van der Waals surface area contributed by atoms with Crippen molar-refractivity contribution in [3.8, 4) is 0 Å². The molecule has 0 aromatic carbocycles. The number of hydrogen-bond acceptors (Lipinski definition) is 7. The highest BCUT2D eigenvalue weighted by Crippen LogP contribution is 2.50. The van der Waals surface area contributed by atoms with Crippen LogP contribution in [0.3, 0.4) is 0 Å². The van der Waals surface area contributed by atoms with Crippen LogP contribution in [0.25, 0.3) is 0 Å². The van der Waals surface area contributed by atoms with E-state index in [0.717, 1.165) is 51.6 Å². The van der Waals surface area contributed by atoms with Crippen molar-refractivity contribution < 1.29 is 18.7 Å². The summed E-state index contributed by atoms with van der Waals surface area (Å²) < 4.78 is 23.3. The lowest BCUT2D eigenvalue weighted by molar-refractivity contribution is -0.220. The summed E-state index contributed by atoms with van der Waals surface area (Å²) in [5.74, 6) is 0.139. The smallest absolute Gasteiger partial charge is 0.256 e. The lowest BCUT2D eigenvalue weighted by atomic mass is 9.64. The van der Waals surface area contributed by atoms with Gasteiger partial charge in [0.2, 0.25) is 0 Å². The minimum Gasteiger partial charge on any atom is -0.369 e. The van der Waals surface area contributed by atoms with Gasteiger partial charge in [0, 0.05) is 30.7 Å². The van der Waals surface area contributed by atoms with E-state index in [1.807, 2.05) is 6.20 Å². The molecule has 3 saturated carbocycles. The molecule has 2 N–H and O–H groups in total. The Morgan fingerprint density at radius 3 is 2.42 bits per heavy atom. The highest BCUT2D eigenvalue weighted by atomic mass is 19.1. The largest absolute Gasteiger partial charge is 0.369 e. The molecule has 45 heavy (non-hydrogen) atoms. The van der Waals surface area contributed by atoms with Crippen LogP contribution in [0.4, 0.5) is 4.39 Å². The van der Waals surface area contributed by atoms with Crippen molar-refractivity contribution in [1.82, 2.24) is 25.3 Å². The van der Waals surface area contributed by atoms with Crippen LogP contribution < -0.4 is 10.6 Å². The maximum atomic E-state index is 16.2. The van der Waals surface area contributed by atoms with E-state index in [-0.39, 0.29) is 48.0 Å². The molecule has 0 aromatic heterocycles. The quantitative estimate of drug-likeness (QED) is 0.280. The van der Waals surface area contributed by atoms with Gasteiger partial charge in [0.15, 0.2) is 5.78 Å². The number of ketones is 1. The third-order valence-electron chi connectivity index (χ3n) is 13.2. The summed E-state index contributed by atoms with van der Waals surface area (Å²) >= 11 is 0. The number of amides is 1. The summed E-state index contributed by atoms with van der Waals surface area (Å²) in [7, 11) is 4.39. The molecule has 7 aliphatic rings. The van der Waals surface area contributed by atoms with Gasteiger partial charge in [-0.25, -0.2) is 4.39 Å². The highest BCUT2D eigenvalue weighted by Gasteiger charge is 2.60. The third kappa shape index (κ3) is 6.37. The zero-order chi connectivity index (χ0) is 31.1. The predicted molar refractivity (Wildman–Crippen MR) is 173 cm³/mol. The first-order chi connectivity index (χ1) is 21.9. The van der Waals surface area contributed by atoms with Crippen LogP contribution >= 0.6 is 0 Å². The summed E-state index contributed by atoms with van der Waals surface area (Å²) in [6.45, 7) is 3.65.